The third-order valence-corrected chi connectivity index (χ3v) is 0.733. The number of rotatable bonds is 4. The quantitative estimate of drug-likeness (QED) is 0.362. The molecule has 9 heavy (non-hydrogen) atoms. The zero-order valence-corrected chi connectivity index (χ0v) is 6.05. The Morgan fingerprint density at radius 2 is 2.11 bits per heavy atom. The topological polar surface area (TPSA) is 67.5 Å². The second kappa shape index (κ2) is 15.7. The molecule has 0 rings (SSSR count). The van der Waals surface area contributed by atoms with Crippen LogP contribution in [0, 0.1) is 0 Å². The first-order chi connectivity index (χ1) is 4.41. The second-order valence-corrected chi connectivity index (χ2v) is 1.35. The molecule has 0 aromatic heterocycles. The van der Waals surface area contributed by atoms with Gasteiger partial charge in [0.15, 0.2) is 0 Å². The Hall–Kier alpha value is -0.160. The van der Waals surface area contributed by atoms with E-state index in [0.717, 1.165) is 19.7 Å². The number of hydrogen-bond acceptors (Lipinski definition) is 4. The average Bonchev–Trinajstić information content (AvgIpc) is 1.94. The fourth-order valence-electron chi connectivity index (χ4n) is 0.351. The minimum absolute atomic E-state index is 0.813. The van der Waals surface area contributed by atoms with Crippen molar-refractivity contribution in [1.29, 1.82) is 0 Å². The Bertz CT molecular complexity index is 32.1. The van der Waals surface area contributed by atoms with Gasteiger partial charge in [0.25, 0.3) is 0 Å². The fourth-order valence-corrected chi connectivity index (χ4v) is 0.351. The molecule has 0 aliphatic rings. The maximum absolute atomic E-state index is 6.50. The van der Waals surface area contributed by atoms with Crippen LogP contribution in [0.5, 0.6) is 0 Å². The minimum atomic E-state index is 0.813. The van der Waals surface area contributed by atoms with Crippen LogP contribution in [0.1, 0.15) is 6.92 Å². The van der Waals surface area contributed by atoms with E-state index in [-0.39, 0.29) is 0 Å². The van der Waals surface area contributed by atoms with E-state index < -0.39 is 0 Å². The lowest BCUT2D eigenvalue weighted by atomic mass is 10.6. The molecule has 4 heteroatoms. The zero-order valence-electron chi connectivity index (χ0n) is 6.05. The zero-order chi connectivity index (χ0) is 7.54. The van der Waals surface area contributed by atoms with Gasteiger partial charge in [0.05, 0.1) is 6.61 Å². The van der Waals surface area contributed by atoms with E-state index in [0.29, 0.717) is 0 Å². The Morgan fingerprint density at radius 3 is 2.44 bits per heavy atom. The van der Waals surface area contributed by atoms with Gasteiger partial charge in [-0.3, -0.25) is 0 Å². The Morgan fingerprint density at radius 1 is 1.56 bits per heavy atom. The van der Waals surface area contributed by atoms with Crippen molar-refractivity contribution in [3.63, 3.8) is 0 Å². The molecule has 0 aromatic rings. The first-order valence-electron chi connectivity index (χ1n) is 2.87. The predicted molar refractivity (Wildman–Crippen MR) is 36.4 cm³/mol. The van der Waals surface area contributed by atoms with Gasteiger partial charge in [0.2, 0.25) is 0 Å². The van der Waals surface area contributed by atoms with Gasteiger partial charge in [-0.15, -0.1) is 0 Å². The van der Waals surface area contributed by atoms with Crippen molar-refractivity contribution in [2.24, 2.45) is 5.90 Å². The van der Waals surface area contributed by atoms with Crippen molar-refractivity contribution >= 4 is 0 Å². The lowest BCUT2D eigenvalue weighted by molar-refractivity contribution is 0.200. The summed E-state index contributed by atoms with van der Waals surface area (Å²) in [6.07, 6.45) is 0. The van der Waals surface area contributed by atoms with Crippen molar-refractivity contribution in [1.82, 2.24) is 5.32 Å². The van der Waals surface area contributed by atoms with Crippen molar-refractivity contribution in [3.05, 3.63) is 0 Å². The van der Waals surface area contributed by atoms with Crippen LogP contribution in [0.15, 0.2) is 0 Å². The highest BCUT2D eigenvalue weighted by atomic mass is 16.5. The van der Waals surface area contributed by atoms with Crippen LogP contribution in [-0.2, 0) is 4.74 Å². The maximum Gasteiger partial charge on any atom is 0.0587 e. The first-order valence-corrected chi connectivity index (χ1v) is 2.87. The lowest BCUT2D eigenvalue weighted by Crippen LogP contribution is -2.17. The molecule has 0 aliphatic carbocycles. The summed E-state index contributed by atoms with van der Waals surface area (Å²) in [5.41, 5.74) is 0. The molecular formula is C5H16N2O2. The Kier molecular flexibility index (Phi) is 20.2. The Labute approximate surface area is 56.0 Å². The lowest BCUT2D eigenvalue weighted by Gasteiger charge is -1.96. The van der Waals surface area contributed by atoms with Gasteiger partial charge in [-0.1, -0.05) is 6.92 Å². The first kappa shape index (κ1) is 11.6. The third-order valence-electron chi connectivity index (χ3n) is 0.733. The highest BCUT2D eigenvalue weighted by Gasteiger charge is 1.76. The fraction of sp³-hybridized carbons (Fsp3) is 1.00. The molecule has 0 atom stereocenters. The summed E-state index contributed by atoms with van der Waals surface area (Å²) in [5, 5.41) is 9.62. The number of hydrogen-bond donors (Lipinski definition) is 3. The largest absolute Gasteiger partial charge is 0.383 e. The molecule has 0 spiro atoms. The summed E-state index contributed by atoms with van der Waals surface area (Å²) in [5.74, 6) is 3.50. The van der Waals surface area contributed by atoms with Gasteiger partial charge >= 0.3 is 0 Å². The van der Waals surface area contributed by atoms with Gasteiger partial charge < -0.3 is 15.3 Å². The third kappa shape index (κ3) is 18.1. The van der Waals surface area contributed by atoms with Gasteiger partial charge in [0, 0.05) is 13.7 Å². The molecule has 0 heterocycles. The van der Waals surface area contributed by atoms with Crippen LogP contribution >= 0.6 is 0 Å². The molecular weight excluding hydrogens is 120 g/mol. The van der Waals surface area contributed by atoms with E-state index in [1.54, 1.807) is 7.11 Å². The molecule has 0 amide bonds. The molecule has 0 unspecified atom stereocenters. The monoisotopic (exact) mass is 136 g/mol. The van der Waals surface area contributed by atoms with Crippen molar-refractivity contribution in [2.45, 2.75) is 6.92 Å². The van der Waals surface area contributed by atoms with E-state index in [4.69, 9.17) is 9.94 Å². The average molecular weight is 136 g/mol. The number of nitrogens with one attached hydrogen (secondary N) is 1. The smallest absolute Gasteiger partial charge is 0.0587 e. The normalized spacial score (nSPS) is 8.00. The number of likely N-dealkylation sites (N-methyl/N-ethyl adjacent to an activating group) is 1. The molecule has 0 saturated carbocycles. The molecule has 58 valence electrons. The molecule has 0 radical (unpaired) electrons. The molecule has 4 N–H and O–H groups in total. The minimum Gasteiger partial charge on any atom is -0.383 e. The summed E-state index contributed by atoms with van der Waals surface area (Å²) in [6, 6.07) is 0. The van der Waals surface area contributed by atoms with Crippen LogP contribution in [0.25, 0.3) is 0 Å². The van der Waals surface area contributed by atoms with E-state index in [1.165, 1.54) is 0 Å². The van der Waals surface area contributed by atoms with Crippen LogP contribution < -0.4 is 11.2 Å². The van der Waals surface area contributed by atoms with E-state index in [2.05, 4.69) is 18.1 Å². The van der Waals surface area contributed by atoms with E-state index in [9.17, 15) is 0 Å². The van der Waals surface area contributed by atoms with E-state index >= 15 is 0 Å². The van der Waals surface area contributed by atoms with Crippen molar-refractivity contribution < 1.29 is 9.94 Å². The van der Waals surface area contributed by atoms with Crippen LogP contribution in [0.2, 0.25) is 0 Å². The molecule has 0 aliphatic heterocycles. The highest BCUT2D eigenvalue weighted by molar-refractivity contribution is 4.36. The summed E-state index contributed by atoms with van der Waals surface area (Å²) < 4.78 is 4.78. The van der Waals surface area contributed by atoms with Crippen LogP contribution in [-0.4, -0.2) is 32.0 Å². The number of ether oxygens (including phenoxy) is 1. The van der Waals surface area contributed by atoms with E-state index in [1.807, 2.05) is 0 Å². The molecule has 0 bridgehead atoms. The summed E-state index contributed by atoms with van der Waals surface area (Å²) in [7, 11) is 1.71. The van der Waals surface area contributed by atoms with Gasteiger partial charge in [-0.2, -0.15) is 0 Å². The number of methoxy groups -OCH3 is 1. The van der Waals surface area contributed by atoms with Gasteiger partial charge in [-0.25, -0.2) is 5.90 Å². The highest BCUT2D eigenvalue weighted by Crippen LogP contribution is 1.61. The van der Waals surface area contributed by atoms with Crippen LogP contribution in [0.3, 0.4) is 0 Å². The number of nitrogens with two attached hydrogens (primary N) is 1. The second-order valence-electron chi connectivity index (χ2n) is 1.35. The standard InChI is InChI=1S/C5H13NO.H3NO/c1-3-6-4-5-7-2;1-2/h6H,3-5H2,1-2H3;2H,1H2. The molecule has 0 saturated heterocycles. The SMILES string of the molecule is CCNCCOC.NO. The summed E-state index contributed by atoms with van der Waals surface area (Å²) in [4.78, 5) is 0. The summed E-state index contributed by atoms with van der Waals surface area (Å²) >= 11 is 0. The van der Waals surface area contributed by atoms with Crippen LogP contribution in [0.4, 0.5) is 0 Å². The predicted octanol–water partition coefficient (Wildman–Crippen LogP) is -0.423. The van der Waals surface area contributed by atoms with Crippen molar-refractivity contribution in [2.75, 3.05) is 26.8 Å². The maximum atomic E-state index is 6.50. The summed E-state index contributed by atoms with van der Waals surface area (Å²) in [6.45, 7) is 4.89. The molecule has 4 nitrogen and oxygen atoms in total. The van der Waals surface area contributed by atoms with Crippen molar-refractivity contribution in [3.8, 4) is 0 Å². The molecule has 0 fully saturated rings. The molecule has 0 aromatic carbocycles. The van der Waals surface area contributed by atoms with Gasteiger partial charge in [0.1, 0.15) is 0 Å². The van der Waals surface area contributed by atoms with Gasteiger partial charge in [-0.05, 0) is 6.54 Å². The Balaban J connectivity index is 0.